The second-order valence-electron chi connectivity index (χ2n) is 6.83. The molecule has 1 N–H and O–H groups in total. The van der Waals surface area contributed by atoms with Crippen LogP contribution in [0.15, 0.2) is 0 Å². The predicted molar refractivity (Wildman–Crippen MR) is 87.2 cm³/mol. The van der Waals surface area contributed by atoms with E-state index in [9.17, 15) is 0 Å². The van der Waals surface area contributed by atoms with Gasteiger partial charge in [-0.05, 0) is 64.2 Å². The van der Waals surface area contributed by atoms with Crippen LogP contribution >= 0.6 is 0 Å². The molecule has 3 nitrogen and oxygen atoms in total. The van der Waals surface area contributed by atoms with Gasteiger partial charge in [-0.25, -0.2) is 0 Å². The van der Waals surface area contributed by atoms with Gasteiger partial charge in [-0.1, -0.05) is 26.7 Å². The molecule has 0 aromatic carbocycles. The molecule has 120 valence electrons. The van der Waals surface area contributed by atoms with Crippen LogP contribution in [0.4, 0.5) is 0 Å². The number of likely N-dealkylation sites (N-methyl/N-ethyl adjacent to an activating group) is 1. The topological polar surface area (TPSA) is 24.5 Å². The Kier molecular flexibility index (Phi) is 10.3. The number of nitrogens with one attached hydrogen (secondary N) is 1. The van der Waals surface area contributed by atoms with Crippen molar-refractivity contribution in [3.63, 3.8) is 0 Å². The van der Waals surface area contributed by atoms with E-state index in [-0.39, 0.29) is 0 Å². The fourth-order valence-electron chi connectivity index (χ4n) is 2.24. The Hall–Kier alpha value is -0.120. The van der Waals surface area contributed by atoms with Crippen LogP contribution in [-0.2, 0) is 4.74 Å². The van der Waals surface area contributed by atoms with Crippen LogP contribution in [0.5, 0.6) is 0 Å². The molecule has 1 fully saturated rings. The maximum absolute atomic E-state index is 5.67. The number of ether oxygens (including phenoxy) is 1. The van der Waals surface area contributed by atoms with Crippen LogP contribution in [0, 0.1) is 11.8 Å². The minimum Gasteiger partial charge on any atom is -0.380 e. The first-order valence-electron chi connectivity index (χ1n) is 8.65. The number of unbranched alkanes of at least 4 members (excludes halogenated alkanes) is 3. The van der Waals surface area contributed by atoms with E-state index in [1.165, 1.54) is 51.6 Å². The summed E-state index contributed by atoms with van der Waals surface area (Å²) in [4.78, 5) is 2.41. The summed E-state index contributed by atoms with van der Waals surface area (Å²) in [7, 11) is 2.21. The lowest BCUT2D eigenvalue weighted by atomic mass is 10.2. The zero-order chi connectivity index (χ0) is 14.6. The van der Waals surface area contributed by atoms with Crippen molar-refractivity contribution in [3.8, 4) is 0 Å². The Morgan fingerprint density at radius 3 is 2.55 bits per heavy atom. The summed E-state index contributed by atoms with van der Waals surface area (Å²) in [5.74, 6) is 1.66. The number of hydrogen-bond acceptors (Lipinski definition) is 3. The highest BCUT2D eigenvalue weighted by molar-refractivity contribution is 4.71. The maximum Gasteiger partial charge on any atom is 0.0593 e. The molecular formula is C17H36N2O. The first-order chi connectivity index (χ1) is 9.68. The molecule has 0 saturated heterocycles. The fourth-order valence-corrected chi connectivity index (χ4v) is 2.24. The Bertz CT molecular complexity index is 217. The molecular weight excluding hydrogens is 248 g/mol. The molecule has 0 heterocycles. The molecule has 1 saturated carbocycles. The number of rotatable bonds is 14. The minimum absolute atomic E-state index is 0.769. The Morgan fingerprint density at radius 2 is 1.85 bits per heavy atom. The molecule has 1 rings (SSSR count). The largest absolute Gasteiger partial charge is 0.380 e. The predicted octanol–water partition coefficient (Wildman–Crippen LogP) is 3.15. The lowest BCUT2D eigenvalue weighted by Gasteiger charge is -2.16. The summed E-state index contributed by atoms with van der Waals surface area (Å²) >= 11 is 0. The van der Waals surface area contributed by atoms with Gasteiger partial charge in [0.25, 0.3) is 0 Å². The van der Waals surface area contributed by atoms with Crippen molar-refractivity contribution in [3.05, 3.63) is 0 Å². The van der Waals surface area contributed by atoms with Crippen molar-refractivity contribution in [2.45, 2.75) is 52.4 Å². The summed E-state index contributed by atoms with van der Waals surface area (Å²) in [6.45, 7) is 11.1. The molecule has 0 unspecified atom stereocenters. The van der Waals surface area contributed by atoms with Crippen LogP contribution in [0.2, 0.25) is 0 Å². The second kappa shape index (κ2) is 11.5. The summed E-state index contributed by atoms with van der Waals surface area (Å²) in [5.41, 5.74) is 0. The van der Waals surface area contributed by atoms with Crippen molar-refractivity contribution in [2.24, 2.45) is 11.8 Å². The van der Waals surface area contributed by atoms with E-state index in [2.05, 4.69) is 31.1 Å². The molecule has 0 radical (unpaired) electrons. The standard InChI is InChI=1S/C17H36N2O/c1-16(2)14-18-10-6-4-5-7-11-19(3)12-13-20-15-17-8-9-17/h16-18H,4-15H2,1-3H3. The molecule has 3 heteroatoms. The van der Waals surface area contributed by atoms with Gasteiger partial charge in [-0.15, -0.1) is 0 Å². The first-order valence-corrected chi connectivity index (χ1v) is 8.65. The smallest absolute Gasteiger partial charge is 0.0593 e. The molecule has 0 spiro atoms. The molecule has 0 atom stereocenters. The van der Waals surface area contributed by atoms with E-state index in [0.717, 1.165) is 38.1 Å². The quantitative estimate of drug-likeness (QED) is 0.496. The average molecular weight is 284 g/mol. The van der Waals surface area contributed by atoms with Gasteiger partial charge in [0, 0.05) is 13.2 Å². The summed E-state index contributed by atoms with van der Waals surface area (Å²) < 4.78 is 5.67. The van der Waals surface area contributed by atoms with Crippen molar-refractivity contribution in [2.75, 3.05) is 46.4 Å². The van der Waals surface area contributed by atoms with Crippen molar-refractivity contribution < 1.29 is 4.74 Å². The van der Waals surface area contributed by atoms with Crippen LogP contribution in [-0.4, -0.2) is 51.3 Å². The highest BCUT2D eigenvalue weighted by Gasteiger charge is 2.20. The van der Waals surface area contributed by atoms with E-state index < -0.39 is 0 Å². The molecule has 20 heavy (non-hydrogen) atoms. The Balaban J connectivity index is 1.73. The zero-order valence-corrected chi connectivity index (χ0v) is 14.0. The van der Waals surface area contributed by atoms with Gasteiger partial charge in [0.05, 0.1) is 6.61 Å². The van der Waals surface area contributed by atoms with Crippen LogP contribution < -0.4 is 5.32 Å². The van der Waals surface area contributed by atoms with Gasteiger partial charge in [-0.2, -0.15) is 0 Å². The third kappa shape index (κ3) is 11.7. The van der Waals surface area contributed by atoms with Crippen molar-refractivity contribution in [1.82, 2.24) is 10.2 Å². The monoisotopic (exact) mass is 284 g/mol. The number of hydrogen-bond donors (Lipinski definition) is 1. The SMILES string of the molecule is CC(C)CNCCCCCCN(C)CCOCC1CC1. The normalized spacial score (nSPS) is 15.4. The molecule has 0 aliphatic heterocycles. The molecule has 0 amide bonds. The van der Waals surface area contributed by atoms with E-state index in [1.54, 1.807) is 0 Å². The van der Waals surface area contributed by atoms with Gasteiger partial charge in [-0.3, -0.25) is 0 Å². The third-order valence-electron chi connectivity index (χ3n) is 3.86. The van der Waals surface area contributed by atoms with Gasteiger partial charge in [0.2, 0.25) is 0 Å². The van der Waals surface area contributed by atoms with Gasteiger partial charge < -0.3 is 15.0 Å². The summed E-state index contributed by atoms with van der Waals surface area (Å²) in [5, 5.41) is 3.51. The van der Waals surface area contributed by atoms with Crippen LogP contribution in [0.3, 0.4) is 0 Å². The van der Waals surface area contributed by atoms with Crippen LogP contribution in [0.1, 0.15) is 52.4 Å². The van der Waals surface area contributed by atoms with E-state index in [1.807, 2.05) is 0 Å². The average Bonchev–Trinajstić information content (AvgIpc) is 3.21. The molecule has 0 aromatic heterocycles. The molecule has 1 aliphatic carbocycles. The lowest BCUT2D eigenvalue weighted by molar-refractivity contribution is 0.103. The summed E-state index contributed by atoms with van der Waals surface area (Å²) in [6, 6.07) is 0. The molecule has 0 aromatic rings. The fraction of sp³-hybridized carbons (Fsp3) is 1.00. The lowest BCUT2D eigenvalue weighted by Crippen LogP contribution is -2.24. The molecule has 1 aliphatic rings. The van der Waals surface area contributed by atoms with Crippen LogP contribution in [0.25, 0.3) is 0 Å². The van der Waals surface area contributed by atoms with Crippen molar-refractivity contribution >= 4 is 0 Å². The van der Waals surface area contributed by atoms with E-state index in [4.69, 9.17) is 4.74 Å². The zero-order valence-electron chi connectivity index (χ0n) is 14.0. The second-order valence-corrected chi connectivity index (χ2v) is 6.83. The Labute approximate surface area is 126 Å². The molecule has 0 bridgehead atoms. The summed E-state index contributed by atoms with van der Waals surface area (Å²) in [6.07, 6.45) is 8.14. The highest BCUT2D eigenvalue weighted by atomic mass is 16.5. The van der Waals surface area contributed by atoms with E-state index in [0.29, 0.717) is 0 Å². The third-order valence-corrected chi connectivity index (χ3v) is 3.86. The van der Waals surface area contributed by atoms with Gasteiger partial charge in [0.1, 0.15) is 0 Å². The van der Waals surface area contributed by atoms with E-state index >= 15 is 0 Å². The van der Waals surface area contributed by atoms with Crippen molar-refractivity contribution in [1.29, 1.82) is 0 Å². The highest BCUT2D eigenvalue weighted by Crippen LogP contribution is 2.28. The maximum atomic E-state index is 5.67. The van der Waals surface area contributed by atoms with Gasteiger partial charge >= 0.3 is 0 Å². The minimum atomic E-state index is 0.769. The Morgan fingerprint density at radius 1 is 1.10 bits per heavy atom. The van der Waals surface area contributed by atoms with Gasteiger partial charge in [0.15, 0.2) is 0 Å². The first kappa shape index (κ1) is 17.9. The number of nitrogens with zero attached hydrogens (tertiary/aromatic N) is 1.